The summed E-state index contributed by atoms with van der Waals surface area (Å²) in [6.07, 6.45) is 1.55. The van der Waals surface area contributed by atoms with Gasteiger partial charge in [-0.05, 0) is 44.0 Å². The molecule has 2 heterocycles. The summed E-state index contributed by atoms with van der Waals surface area (Å²) in [5, 5.41) is 14.8. The lowest BCUT2D eigenvalue weighted by Crippen LogP contribution is -2.38. The Balaban J connectivity index is 1.93. The number of methoxy groups -OCH3 is 1. The van der Waals surface area contributed by atoms with Crippen molar-refractivity contribution in [3.8, 4) is 0 Å². The maximum absolute atomic E-state index is 14.7. The molecule has 0 fully saturated rings. The van der Waals surface area contributed by atoms with Gasteiger partial charge in [0.05, 0.1) is 11.1 Å². The fourth-order valence-electron chi connectivity index (χ4n) is 3.58. The van der Waals surface area contributed by atoms with Crippen molar-refractivity contribution >= 4 is 40.0 Å². The van der Waals surface area contributed by atoms with E-state index in [4.69, 9.17) is 16.2 Å². The number of nitrogens with two attached hydrogens (primary N) is 2. The van der Waals surface area contributed by atoms with Gasteiger partial charge in [-0.15, -0.1) is 0 Å². The van der Waals surface area contributed by atoms with Crippen LogP contribution in [0.3, 0.4) is 0 Å². The zero-order valence-electron chi connectivity index (χ0n) is 20.0. The summed E-state index contributed by atoms with van der Waals surface area (Å²) in [6.45, 7) is 5.15. The molecule has 0 aliphatic heterocycles. The molecule has 2 aromatic heterocycles. The molecule has 0 aliphatic rings. The Labute approximate surface area is 198 Å². The summed E-state index contributed by atoms with van der Waals surface area (Å²) < 4.78 is 21.5. The van der Waals surface area contributed by atoms with Crippen LogP contribution in [0.25, 0.3) is 10.9 Å². The Bertz CT molecular complexity index is 1150. The first-order valence-corrected chi connectivity index (χ1v) is 11.2. The number of hydrogen-bond acceptors (Lipinski definition) is 8. The van der Waals surface area contributed by atoms with E-state index in [1.165, 1.54) is 0 Å². The number of carbonyl (C=O) groups excluding carboxylic acids is 1. The number of aromatic nitrogens is 3. The molecule has 0 saturated heterocycles. The average molecular weight is 473 g/mol. The molecular formula is C23H33FN8O2. The van der Waals surface area contributed by atoms with Gasteiger partial charge in [-0.2, -0.15) is 5.10 Å². The van der Waals surface area contributed by atoms with E-state index in [0.717, 1.165) is 29.2 Å². The van der Waals surface area contributed by atoms with Crippen molar-refractivity contribution in [3.05, 3.63) is 35.6 Å². The molecule has 34 heavy (non-hydrogen) atoms. The number of fused-ring (bicyclic) bond motifs is 1. The Morgan fingerprint density at radius 3 is 2.71 bits per heavy atom. The number of hydrogen-bond donors (Lipinski definition) is 5. The van der Waals surface area contributed by atoms with Gasteiger partial charge in [0.25, 0.3) is 5.91 Å². The molecule has 7 N–H and O–H groups in total. The van der Waals surface area contributed by atoms with Crippen molar-refractivity contribution in [2.45, 2.75) is 38.8 Å². The van der Waals surface area contributed by atoms with Gasteiger partial charge in [0.15, 0.2) is 17.5 Å². The molecule has 0 unspecified atom stereocenters. The van der Waals surface area contributed by atoms with Gasteiger partial charge in [0, 0.05) is 50.5 Å². The second kappa shape index (κ2) is 11.1. The number of carbonyl (C=O) groups is 1. The van der Waals surface area contributed by atoms with Crippen LogP contribution in [-0.4, -0.2) is 53.0 Å². The van der Waals surface area contributed by atoms with Gasteiger partial charge in [-0.25, -0.2) is 9.37 Å². The molecule has 1 amide bonds. The summed E-state index contributed by atoms with van der Waals surface area (Å²) in [6, 6.07) is 6.29. The van der Waals surface area contributed by atoms with Gasteiger partial charge >= 0.3 is 0 Å². The van der Waals surface area contributed by atoms with Crippen molar-refractivity contribution in [2.24, 2.45) is 18.5 Å². The highest BCUT2D eigenvalue weighted by Gasteiger charge is 2.19. The largest absolute Gasteiger partial charge is 0.385 e. The summed E-state index contributed by atoms with van der Waals surface area (Å²) in [7, 11) is 3.53. The van der Waals surface area contributed by atoms with E-state index in [-0.39, 0.29) is 29.3 Å². The highest BCUT2D eigenvalue weighted by Crippen LogP contribution is 2.29. The van der Waals surface area contributed by atoms with E-state index in [0.29, 0.717) is 25.3 Å². The lowest BCUT2D eigenvalue weighted by Gasteiger charge is -2.21. The monoisotopic (exact) mass is 472 g/mol. The normalized spacial score (nSPS) is 13.0. The number of aryl methyl sites for hydroxylation is 1. The molecule has 10 nitrogen and oxygen atoms in total. The quantitative estimate of drug-likeness (QED) is 0.253. The van der Waals surface area contributed by atoms with Crippen molar-refractivity contribution in [2.75, 3.05) is 36.2 Å². The van der Waals surface area contributed by atoms with Crippen molar-refractivity contribution in [1.29, 1.82) is 0 Å². The van der Waals surface area contributed by atoms with Crippen LogP contribution >= 0.6 is 0 Å². The standard InChI is InChI=1S/C23H33FN8O2/c1-5-18(25)13(2)28-23-17(24)12-16(20(26)33)22(30-23)29-14-7-8-19-15(11-14)21(31-32(19)3)27-9-6-10-34-4/h7-8,11-13,18H,5-6,9-10,25H2,1-4H3,(H2,26,33)(H,27,31)(H2,28,29,30)/t13-,18+/m1/s1. The summed E-state index contributed by atoms with van der Waals surface area (Å²) in [5.74, 6) is -0.607. The number of primary amides is 1. The molecule has 0 spiro atoms. The van der Waals surface area contributed by atoms with Crippen LogP contribution in [0.2, 0.25) is 0 Å². The molecular weight excluding hydrogens is 439 g/mol. The van der Waals surface area contributed by atoms with Crippen LogP contribution in [0.1, 0.15) is 37.0 Å². The molecule has 11 heteroatoms. The fourth-order valence-corrected chi connectivity index (χ4v) is 3.58. The fraction of sp³-hybridized carbons (Fsp3) is 0.435. The molecule has 0 radical (unpaired) electrons. The second-order valence-corrected chi connectivity index (χ2v) is 8.19. The van der Waals surface area contributed by atoms with Crippen molar-refractivity contribution < 1.29 is 13.9 Å². The number of anilines is 4. The van der Waals surface area contributed by atoms with Gasteiger partial charge in [-0.1, -0.05) is 6.92 Å². The number of nitrogens with one attached hydrogen (secondary N) is 3. The Morgan fingerprint density at radius 1 is 1.26 bits per heavy atom. The molecule has 0 saturated carbocycles. The molecule has 2 atom stereocenters. The number of rotatable bonds is 12. The number of ether oxygens (including phenoxy) is 1. The van der Waals surface area contributed by atoms with E-state index >= 15 is 0 Å². The SMILES string of the molecule is CC[C@H](N)[C@@H](C)Nc1nc(Nc2ccc3c(c2)c(NCCCOC)nn3C)c(C(N)=O)cc1F. The topological polar surface area (TPSA) is 145 Å². The predicted octanol–water partition coefficient (Wildman–Crippen LogP) is 2.94. The minimum atomic E-state index is -0.790. The van der Waals surface area contributed by atoms with Crippen LogP contribution in [0.4, 0.5) is 27.5 Å². The number of amides is 1. The maximum Gasteiger partial charge on any atom is 0.252 e. The molecule has 3 aromatic rings. The van der Waals surface area contributed by atoms with E-state index in [1.807, 2.05) is 39.1 Å². The average Bonchev–Trinajstić information content (AvgIpc) is 3.12. The van der Waals surface area contributed by atoms with Gasteiger partial charge < -0.3 is 32.2 Å². The van der Waals surface area contributed by atoms with E-state index in [2.05, 4.69) is 26.0 Å². The first kappa shape index (κ1) is 25.2. The third-order valence-corrected chi connectivity index (χ3v) is 5.65. The van der Waals surface area contributed by atoms with Gasteiger partial charge in [-0.3, -0.25) is 9.48 Å². The van der Waals surface area contributed by atoms with Crippen LogP contribution in [0.5, 0.6) is 0 Å². The van der Waals surface area contributed by atoms with Crippen molar-refractivity contribution in [1.82, 2.24) is 14.8 Å². The third-order valence-electron chi connectivity index (χ3n) is 5.65. The lowest BCUT2D eigenvalue weighted by atomic mass is 10.1. The zero-order chi connectivity index (χ0) is 24.8. The van der Waals surface area contributed by atoms with Crippen LogP contribution in [-0.2, 0) is 11.8 Å². The summed E-state index contributed by atoms with van der Waals surface area (Å²) in [4.78, 5) is 16.3. The second-order valence-electron chi connectivity index (χ2n) is 8.19. The smallest absolute Gasteiger partial charge is 0.252 e. The highest BCUT2D eigenvalue weighted by atomic mass is 19.1. The van der Waals surface area contributed by atoms with Crippen LogP contribution in [0.15, 0.2) is 24.3 Å². The molecule has 1 aromatic carbocycles. The predicted molar refractivity (Wildman–Crippen MR) is 133 cm³/mol. The number of pyridine rings is 1. The Kier molecular flexibility index (Phi) is 8.24. The molecule has 0 bridgehead atoms. The summed E-state index contributed by atoms with van der Waals surface area (Å²) >= 11 is 0. The number of nitrogens with zero attached hydrogens (tertiary/aromatic N) is 3. The minimum absolute atomic E-state index is 0.00754. The lowest BCUT2D eigenvalue weighted by molar-refractivity contribution is 0.100. The molecule has 0 aliphatic carbocycles. The van der Waals surface area contributed by atoms with E-state index in [1.54, 1.807) is 11.8 Å². The first-order chi connectivity index (χ1) is 16.2. The summed E-state index contributed by atoms with van der Waals surface area (Å²) in [5.41, 5.74) is 13.1. The highest BCUT2D eigenvalue weighted by molar-refractivity contribution is 5.99. The molecule has 3 rings (SSSR count). The van der Waals surface area contributed by atoms with Gasteiger partial charge in [0.1, 0.15) is 5.82 Å². The van der Waals surface area contributed by atoms with Crippen molar-refractivity contribution in [3.63, 3.8) is 0 Å². The maximum atomic E-state index is 14.7. The zero-order valence-corrected chi connectivity index (χ0v) is 20.0. The molecule has 184 valence electrons. The number of halogens is 1. The van der Waals surface area contributed by atoms with E-state index < -0.39 is 11.7 Å². The third kappa shape index (κ3) is 5.72. The van der Waals surface area contributed by atoms with Crippen LogP contribution < -0.4 is 27.4 Å². The Morgan fingerprint density at radius 2 is 2.03 bits per heavy atom. The number of benzene rings is 1. The Hall–Kier alpha value is -3.44. The van der Waals surface area contributed by atoms with Gasteiger partial charge in [0.2, 0.25) is 0 Å². The van der Waals surface area contributed by atoms with Crippen LogP contribution in [0, 0.1) is 5.82 Å². The van der Waals surface area contributed by atoms with E-state index in [9.17, 15) is 9.18 Å². The first-order valence-electron chi connectivity index (χ1n) is 11.2. The minimum Gasteiger partial charge on any atom is -0.385 e.